The molecule has 2 rings (SSSR count). The SMILES string of the molecule is CCNCC1CCN(C(=O)CCNS(=O)(=O)c2cccnc2)CC1. The minimum atomic E-state index is -3.60. The van der Waals surface area contributed by atoms with Gasteiger partial charge in [0.1, 0.15) is 4.90 Å². The van der Waals surface area contributed by atoms with Gasteiger partial charge in [-0.3, -0.25) is 9.78 Å². The Morgan fingerprint density at radius 3 is 2.75 bits per heavy atom. The van der Waals surface area contributed by atoms with Gasteiger partial charge < -0.3 is 10.2 Å². The lowest BCUT2D eigenvalue weighted by molar-refractivity contribution is -0.132. The molecular weight excluding hydrogens is 328 g/mol. The van der Waals surface area contributed by atoms with Crippen LogP contribution in [0.25, 0.3) is 0 Å². The first-order valence-corrected chi connectivity index (χ1v) is 9.89. The lowest BCUT2D eigenvalue weighted by Gasteiger charge is -2.32. The molecule has 1 saturated heterocycles. The summed E-state index contributed by atoms with van der Waals surface area (Å²) in [7, 11) is -3.60. The lowest BCUT2D eigenvalue weighted by atomic mass is 9.96. The van der Waals surface area contributed by atoms with E-state index in [0.717, 1.165) is 39.0 Å². The first-order valence-electron chi connectivity index (χ1n) is 8.41. The van der Waals surface area contributed by atoms with Crippen molar-refractivity contribution in [1.82, 2.24) is 19.9 Å². The number of sulfonamides is 1. The smallest absolute Gasteiger partial charge is 0.242 e. The van der Waals surface area contributed by atoms with Crippen molar-refractivity contribution in [2.45, 2.75) is 31.1 Å². The van der Waals surface area contributed by atoms with Gasteiger partial charge in [-0.1, -0.05) is 6.92 Å². The average molecular weight is 354 g/mol. The Kier molecular flexibility index (Phi) is 7.14. The summed E-state index contributed by atoms with van der Waals surface area (Å²) in [6.07, 6.45) is 4.99. The minimum Gasteiger partial charge on any atom is -0.343 e. The number of piperidine rings is 1. The Hall–Kier alpha value is -1.51. The molecule has 1 aliphatic rings. The first-order chi connectivity index (χ1) is 11.5. The summed E-state index contributed by atoms with van der Waals surface area (Å²) in [5.41, 5.74) is 0. The van der Waals surface area contributed by atoms with Crippen molar-refractivity contribution in [3.63, 3.8) is 0 Å². The fraction of sp³-hybridized carbons (Fsp3) is 0.625. The number of nitrogens with zero attached hydrogens (tertiary/aromatic N) is 2. The molecule has 24 heavy (non-hydrogen) atoms. The number of aromatic nitrogens is 1. The van der Waals surface area contributed by atoms with Gasteiger partial charge in [0.15, 0.2) is 0 Å². The minimum absolute atomic E-state index is 0.00536. The molecule has 7 nitrogen and oxygen atoms in total. The maximum Gasteiger partial charge on any atom is 0.242 e. The van der Waals surface area contributed by atoms with E-state index in [9.17, 15) is 13.2 Å². The van der Waals surface area contributed by atoms with Gasteiger partial charge in [-0.15, -0.1) is 0 Å². The molecule has 8 heteroatoms. The van der Waals surface area contributed by atoms with Crippen LogP contribution in [-0.2, 0) is 14.8 Å². The number of likely N-dealkylation sites (tertiary alicyclic amines) is 1. The van der Waals surface area contributed by atoms with Crippen LogP contribution in [0.3, 0.4) is 0 Å². The molecule has 0 aromatic carbocycles. The number of hydrogen-bond donors (Lipinski definition) is 2. The molecule has 0 bridgehead atoms. The summed E-state index contributed by atoms with van der Waals surface area (Å²) in [6.45, 7) is 5.67. The van der Waals surface area contributed by atoms with Crippen molar-refractivity contribution >= 4 is 15.9 Å². The Morgan fingerprint density at radius 2 is 2.12 bits per heavy atom. The van der Waals surface area contributed by atoms with E-state index < -0.39 is 10.0 Å². The third-order valence-electron chi connectivity index (χ3n) is 4.23. The normalized spacial score (nSPS) is 16.3. The van der Waals surface area contributed by atoms with E-state index in [1.165, 1.54) is 18.5 Å². The standard InChI is InChI=1S/C16H26N4O3S/c1-2-17-12-14-6-10-20(11-7-14)16(21)5-9-19-24(22,23)15-4-3-8-18-13-15/h3-4,8,13-14,17,19H,2,5-7,9-12H2,1H3. The molecule has 2 N–H and O–H groups in total. The van der Waals surface area contributed by atoms with Crippen LogP contribution in [0.15, 0.2) is 29.4 Å². The van der Waals surface area contributed by atoms with Crippen LogP contribution in [0, 0.1) is 5.92 Å². The molecule has 0 saturated carbocycles. The van der Waals surface area contributed by atoms with Crippen molar-refractivity contribution in [2.75, 3.05) is 32.7 Å². The monoisotopic (exact) mass is 354 g/mol. The summed E-state index contributed by atoms with van der Waals surface area (Å²) in [6, 6.07) is 3.05. The quantitative estimate of drug-likeness (QED) is 0.713. The fourth-order valence-electron chi connectivity index (χ4n) is 2.77. The maximum absolute atomic E-state index is 12.2. The van der Waals surface area contributed by atoms with Crippen molar-refractivity contribution in [1.29, 1.82) is 0 Å². The molecule has 0 spiro atoms. The topological polar surface area (TPSA) is 91.4 Å². The van der Waals surface area contributed by atoms with Crippen molar-refractivity contribution < 1.29 is 13.2 Å². The second-order valence-electron chi connectivity index (χ2n) is 5.97. The average Bonchev–Trinajstić information content (AvgIpc) is 2.61. The van der Waals surface area contributed by atoms with Gasteiger partial charge in [0, 0.05) is 38.4 Å². The zero-order valence-corrected chi connectivity index (χ0v) is 14.9. The van der Waals surface area contributed by atoms with Gasteiger partial charge in [0.05, 0.1) is 0 Å². The highest BCUT2D eigenvalue weighted by Crippen LogP contribution is 2.17. The first kappa shape index (κ1) is 18.8. The zero-order chi connectivity index (χ0) is 17.4. The van der Waals surface area contributed by atoms with E-state index in [-0.39, 0.29) is 23.8 Å². The van der Waals surface area contributed by atoms with Crippen molar-refractivity contribution in [3.8, 4) is 0 Å². The molecule has 1 aromatic rings. The van der Waals surface area contributed by atoms with E-state index in [4.69, 9.17) is 0 Å². The zero-order valence-electron chi connectivity index (χ0n) is 14.1. The Labute approximate surface area is 143 Å². The summed E-state index contributed by atoms with van der Waals surface area (Å²) < 4.78 is 26.6. The largest absolute Gasteiger partial charge is 0.343 e. The molecule has 134 valence electrons. The number of pyridine rings is 1. The molecule has 0 atom stereocenters. The molecule has 0 unspecified atom stereocenters. The van der Waals surface area contributed by atoms with Crippen LogP contribution >= 0.6 is 0 Å². The third kappa shape index (κ3) is 5.54. The number of carbonyl (C=O) groups is 1. The maximum atomic E-state index is 12.2. The van der Waals surface area contributed by atoms with Crippen LogP contribution in [0.4, 0.5) is 0 Å². The molecule has 0 radical (unpaired) electrons. The molecule has 0 aliphatic carbocycles. The van der Waals surface area contributed by atoms with Gasteiger partial charge in [-0.25, -0.2) is 13.1 Å². The fourth-order valence-corrected chi connectivity index (χ4v) is 3.77. The number of rotatable bonds is 8. The van der Waals surface area contributed by atoms with Crippen LogP contribution < -0.4 is 10.0 Å². The molecule has 2 heterocycles. The highest BCUT2D eigenvalue weighted by molar-refractivity contribution is 7.89. The summed E-state index contributed by atoms with van der Waals surface area (Å²) in [5.74, 6) is 0.629. The van der Waals surface area contributed by atoms with Crippen LogP contribution in [0.5, 0.6) is 0 Å². The van der Waals surface area contributed by atoms with Crippen LogP contribution in [0.2, 0.25) is 0 Å². The summed E-state index contributed by atoms with van der Waals surface area (Å²) in [5, 5.41) is 3.34. The molecule has 1 amide bonds. The van der Waals surface area contributed by atoms with Gasteiger partial charge in [-0.2, -0.15) is 0 Å². The Balaban J connectivity index is 1.72. The van der Waals surface area contributed by atoms with Crippen LogP contribution in [0.1, 0.15) is 26.2 Å². The van der Waals surface area contributed by atoms with E-state index >= 15 is 0 Å². The second-order valence-corrected chi connectivity index (χ2v) is 7.74. The molecular formula is C16H26N4O3S. The molecule has 1 fully saturated rings. The highest BCUT2D eigenvalue weighted by Gasteiger charge is 2.22. The predicted octanol–water partition coefficient (Wildman–Crippen LogP) is 0.598. The van der Waals surface area contributed by atoms with Gasteiger partial charge >= 0.3 is 0 Å². The van der Waals surface area contributed by atoms with E-state index in [2.05, 4.69) is 21.9 Å². The van der Waals surface area contributed by atoms with Crippen LogP contribution in [-0.4, -0.2) is 56.9 Å². The van der Waals surface area contributed by atoms with Crippen molar-refractivity contribution in [2.24, 2.45) is 5.92 Å². The lowest BCUT2D eigenvalue weighted by Crippen LogP contribution is -2.41. The Bertz CT molecular complexity index is 613. The van der Waals surface area contributed by atoms with Gasteiger partial charge in [0.25, 0.3) is 0 Å². The number of carbonyl (C=O) groups excluding carboxylic acids is 1. The van der Waals surface area contributed by atoms with E-state index in [0.29, 0.717) is 5.92 Å². The summed E-state index contributed by atoms with van der Waals surface area (Å²) in [4.78, 5) is 17.9. The summed E-state index contributed by atoms with van der Waals surface area (Å²) >= 11 is 0. The van der Waals surface area contributed by atoms with Crippen molar-refractivity contribution in [3.05, 3.63) is 24.5 Å². The van der Waals surface area contributed by atoms with Gasteiger partial charge in [0.2, 0.25) is 15.9 Å². The Morgan fingerprint density at radius 1 is 1.38 bits per heavy atom. The van der Waals surface area contributed by atoms with E-state index in [1.807, 2.05) is 4.90 Å². The molecule has 1 aliphatic heterocycles. The second kappa shape index (κ2) is 9.10. The number of amides is 1. The number of hydrogen-bond acceptors (Lipinski definition) is 5. The molecule has 1 aromatic heterocycles. The number of nitrogens with one attached hydrogen (secondary N) is 2. The highest BCUT2D eigenvalue weighted by atomic mass is 32.2. The predicted molar refractivity (Wildman–Crippen MR) is 91.9 cm³/mol. The third-order valence-corrected chi connectivity index (χ3v) is 5.67. The van der Waals surface area contributed by atoms with Gasteiger partial charge in [-0.05, 0) is 44.0 Å². The van der Waals surface area contributed by atoms with E-state index in [1.54, 1.807) is 6.07 Å².